The zero-order chi connectivity index (χ0) is 13.9. The molecule has 2 aromatic rings. The van der Waals surface area contributed by atoms with E-state index in [1.807, 2.05) is 6.07 Å². The van der Waals surface area contributed by atoms with E-state index in [-0.39, 0.29) is 30.6 Å². The summed E-state index contributed by atoms with van der Waals surface area (Å²) in [7, 11) is 0. The first-order valence-electron chi connectivity index (χ1n) is 5.34. The van der Waals surface area contributed by atoms with E-state index in [2.05, 4.69) is 4.74 Å². The van der Waals surface area contributed by atoms with Crippen LogP contribution in [0.25, 0.3) is 11.1 Å². The normalized spacial score (nSPS) is 9.81. The third-order valence-electron chi connectivity index (χ3n) is 2.44. The molecule has 0 aliphatic carbocycles. The first-order chi connectivity index (χ1) is 8.98. The van der Waals surface area contributed by atoms with Gasteiger partial charge in [-0.05, 0) is 35.4 Å². The number of halogens is 5. The molecule has 0 N–H and O–H groups in total. The molecule has 2 aromatic carbocycles. The van der Waals surface area contributed by atoms with Crippen LogP contribution < -0.4 is 4.74 Å². The zero-order valence-corrected chi connectivity index (χ0v) is 12.1. The highest BCUT2D eigenvalue weighted by molar-refractivity contribution is 5.85. The zero-order valence-electron chi connectivity index (χ0n) is 10.4. The van der Waals surface area contributed by atoms with E-state index >= 15 is 0 Å². The molecule has 0 bridgehead atoms. The number of nitrogens with zero attached hydrogens (tertiary/aromatic N) is 1. The number of hydrogen-bond donors (Lipinski definition) is 0. The molecule has 0 spiro atoms. The van der Waals surface area contributed by atoms with E-state index in [0.29, 0.717) is 5.56 Å². The van der Waals surface area contributed by atoms with Crippen molar-refractivity contribution in [3.63, 3.8) is 0 Å². The fourth-order valence-electron chi connectivity index (χ4n) is 1.59. The molecule has 0 aliphatic heterocycles. The maximum absolute atomic E-state index is 12.0. The van der Waals surface area contributed by atoms with Crippen LogP contribution in [0.1, 0.15) is 5.56 Å². The molecule has 0 amide bonds. The lowest BCUT2D eigenvalue weighted by molar-refractivity contribution is -0.274. The standard InChI is InChI=1S/C14H8F3NO.2ClH/c15-14(16,17)19-13-7-5-12(6-8-13)11-3-1-10(9-18)2-4-11;;/h1-8H;2*1H. The highest BCUT2D eigenvalue weighted by Crippen LogP contribution is 2.26. The van der Waals surface area contributed by atoms with Crippen molar-refractivity contribution >= 4 is 24.8 Å². The van der Waals surface area contributed by atoms with Crippen molar-refractivity contribution in [2.45, 2.75) is 6.36 Å². The smallest absolute Gasteiger partial charge is 0.406 e. The Kier molecular flexibility index (Phi) is 7.07. The van der Waals surface area contributed by atoms with Gasteiger partial charge in [-0.25, -0.2) is 0 Å². The summed E-state index contributed by atoms with van der Waals surface area (Å²) in [6.07, 6.45) is -4.68. The molecule has 0 unspecified atom stereocenters. The maximum Gasteiger partial charge on any atom is 0.573 e. The topological polar surface area (TPSA) is 33.0 Å². The summed E-state index contributed by atoms with van der Waals surface area (Å²) in [5, 5.41) is 8.67. The summed E-state index contributed by atoms with van der Waals surface area (Å²) in [4.78, 5) is 0. The predicted molar refractivity (Wildman–Crippen MR) is 77.8 cm³/mol. The van der Waals surface area contributed by atoms with Crippen LogP contribution in [0.4, 0.5) is 13.2 Å². The molecule has 7 heteroatoms. The van der Waals surface area contributed by atoms with Gasteiger partial charge in [-0.15, -0.1) is 38.0 Å². The van der Waals surface area contributed by atoms with Gasteiger partial charge in [-0.3, -0.25) is 0 Å². The molecule has 21 heavy (non-hydrogen) atoms. The molecule has 0 aliphatic rings. The van der Waals surface area contributed by atoms with Gasteiger partial charge in [0.15, 0.2) is 0 Å². The Morgan fingerprint density at radius 3 is 1.62 bits per heavy atom. The van der Waals surface area contributed by atoms with Gasteiger partial charge < -0.3 is 4.74 Å². The molecule has 0 atom stereocenters. The highest BCUT2D eigenvalue weighted by atomic mass is 35.5. The van der Waals surface area contributed by atoms with Crippen LogP contribution in [0.5, 0.6) is 5.75 Å². The summed E-state index contributed by atoms with van der Waals surface area (Å²) in [6.45, 7) is 0. The molecule has 2 nitrogen and oxygen atoms in total. The number of hydrogen-bond acceptors (Lipinski definition) is 2. The molecule has 0 saturated heterocycles. The Bertz CT molecular complexity index is 604. The fourth-order valence-corrected chi connectivity index (χ4v) is 1.59. The van der Waals surface area contributed by atoms with Gasteiger partial charge in [0.2, 0.25) is 0 Å². The number of nitriles is 1. The molecule has 112 valence electrons. The first kappa shape index (κ1) is 19.1. The van der Waals surface area contributed by atoms with Crippen molar-refractivity contribution < 1.29 is 17.9 Å². The SMILES string of the molecule is Cl.Cl.N#Cc1ccc(-c2ccc(OC(F)(F)F)cc2)cc1. The van der Waals surface area contributed by atoms with E-state index in [1.165, 1.54) is 24.3 Å². The van der Waals surface area contributed by atoms with Crippen molar-refractivity contribution in [2.75, 3.05) is 0 Å². The van der Waals surface area contributed by atoms with Crippen molar-refractivity contribution in [3.05, 3.63) is 54.1 Å². The molecular formula is C14H10Cl2F3NO. The Hall–Kier alpha value is -1.90. The largest absolute Gasteiger partial charge is 0.573 e. The van der Waals surface area contributed by atoms with Crippen molar-refractivity contribution in [3.8, 4) is 22.9 Å². The second kappa shape index (κ2) is 7.77. The molecule has 2 rings (SSSR count). The summed E-state index contributed by atoms with van der Waals surface area (Å²) >= 11 is 0. The van der Waals surface area contributed by atoms with Crippen LogP contribution in [0, 0.1) is 11.3 Å². The maximum atomic E-state index is 12.0. The quantitative estimate of drug-likeness (QED) is 0.776. The van der Waals surface area contributed by atoms with Gasteiger partial charge in [0.1, 0.15) is 5.75 Å². The molecule has 0 aromatic heterocycles. The Labute approximate surface area is 132 Å². The fraction of sp³-hybridized carbons (Fsp3) is 0.0714. The third kappa shape index (κ3) is 5.54. The van der Waals surface area contributed by atoms with Crippen LogP contribution in [0.15, 0.2) is 48.5 Å². The average Bonchev–Trinajstić information content (AvgIpc) is 2.38. The number of alkyl halides is 3. The summed E-state index contributed by atoms with van der Waals surface area (Å²) in [5.41, 5.74) is 2.09. The molecule has 0 saturated carbocycles. The highest BCUT2D eigenvalue weighted by Gasteiger charge is 2.30. The molecule has 0 fully saturated rings. The van der Waals surface area contributed by atoms with E-state index in [0.717, 1.165) is 11.1 Å². The minimum atomic E-state index is -4.68. The lowest BCUT2D eigenvalue weighted by atomic mass is 10.0. The van der Waals surface area contributed by atoms with Gasteiger partial charge in [0.25, 0.3) is 0 Å². The van der Waals surface area contributed by atoms with Gasteiger partial charge in [-0.1, -0.05) is 24.3 Å². The summed E-state index contributed by atoms with van der Waals surface area (Å²) in [6, 6.07) is 14.3. The minimum absolute atomic E-state index is 0. The van der Waals surface area contributed by atoms with E-state index in [4.69, 9.17) is 5.26 Å². The molecule has 0 heterocycles. The summed E-state index contributed by atoms with van der Waals surface area (Å²) in [5.74, 6) is -0.259. The first-order valence-corrected chi connectivity index (χ1v) is 5.34. The van der Waals surface area contributed by atoms with Crippen LogP contribution in [0.3, 0.4) is 0 Å². The van der Waals surface area contributed by atoms with Crippen molar-refractivity contribution in [1.29, 1.82) is 5.26 Å². The van der Waals surface area contributed by atoms with Crippen LogP contribution in [-0.2, 0) is 0 Å². The third-order valence-corrected chi connectivity index (χ3v) is 2.44. The van der Waals surface area contributed by atoms with E-state index in [9.17, 15) is 13.2 Å². The van der Waals surface area contributed by atoms with Crippen molar-refractivity contribution in [1.82, 2.24) is 0 Å². The average molecular weight is 336 g/mol. The summed E-state index contributed by atoms with van der Waals surface area (Å²) < 4.78 is 39.8. The van der Waals surface area contributed by atoms with Crippen molar-refractivity contribution in [2.24, 2.45) is 0 Å². The van der Waals surface area contributed by atoms with Gasteiger partial charge in [0, 0.05) is 0 Å². The Morgan fingerprint density at radius 1 is 0.810 bits per heavy atom. The molecular weight excluding hydrogens is 326 g/mol. The number of benzene rings is 2. The number of ether oxygens (including phenoxy) is 1. The van der Waals surface area contributed by atoms with Gasteiger partial charge >= 0.3 is 6.36 Å². The van der Waals surface area contributed by atoms with Crippen LogP contribution in [-0.4, -0.2) is 6.36 Å². The predicted octanol–water partition coefficient (Wildman–Crippen LogP) is 4.97. The molecule has 0 radical (unpaired) electrons. The Morgan fingerprint density at radius 2 is 1.24 bits per heavy atom. The number of rotatable bonds is 2. The second-order valence-corrected chi connectivity index (χ2v) is 3.76. The van der Waals surface area contributed by atoms with Crippen LogP contribution in [0.2, 0.25) is 0 Å². The van der Waals surface area contributed by atoms with Gasteiger partial charge in [0.05, 0.1) is 11.6 Å². The lowest BCUT2D eigenvalue weighted by Gasteiger charge is -2.09. The lowest BCUT2D eigenvalue weighted by Crippen LogP contribution is -2.16. The van der Waals surface area contributed by atoms with E-state index < -0.39 is 6.36 Å². The van der Waals surface area contributed by atoms with Crippen LogP contribution >= 0.6 is 24.8 Å². The van der Waals surface area contributed by atoms with Gasteiger partial charge in [-0.2, -0.15) is 5.26 Å². The van der Waals surface area contributed by atoms with E-state index in [1.54, 1.807) is 24.3 Å². The second-order valence-electron chi connectivity index (χ2n) is 3.76. The minimum Gasteiger partial charge on any atom is -0.406 e. The Balaban J connectivity index is 0.00000200. The monoisotopic (exact) mass is 335 g/mol.